The summed E-state index contributed by atoms with van der Waals surface area (Å²) in [6.07, 6.45) is 1.49. The summed E-state index contributed by atoms with van der Waals surface area (Å²) < 4.78 is 11.4. The molecule has 0 aromatic heterocycles. The van der Waals surface area contributed by atoms with Crippen molar-refractivity contribution in [2.24, 2.45) is 5.10 Å². The molecule has 0 aliphatic rings. The lowest BCUT2D eigenvalue weighted by molar-refractivity contribution is -0.120. The second-order valence-corrected chi connectivity index (χ2v) is 6.24. The molecule has 2 N–H and O–H groups in total. The molecule has 0 unspecified atom stereocenters. The molecule has 0 spiro atoms. The van der Waals surface area contributed by atoms with Crippen LogP contribution in [0.5, 0.6) is 11.5 Å². The van der Waals surface area contributed by atoms with Crippen molar-refractivity contribution in [2.75, 3.05) is 20.3 Å². The monoisotopic (exact) mass is 433 g/mol. The van der Waals surface area contributed by atoms with Gasteiger partial charge in [-0.15, -0.1) is 0 Å². The minimum absolute atomic E-state index is 0.195. The number of nitrogens with one attached hydrogen (secondary N) is 2. The van der Waals surface area contributed by atoms with Crippen molar-refractivity contribution in [3.63, 3.8) is 0 Å². The number of carbonyl (C=O) groups excluding carboxylic acids is 2. The lowest BCUT2D eigenvalue weighted by Gasteiger charge is -2.07. The zero-order chi connectivity index (χ0) is 19.6. The van der Waals surface area contributed by atoms with Gasteiger partial charge in [-0.05, 0) is 49.4 Å². The van der Waals surface area contributed by atoms with Crippen molar-refractivity contribution < 1.29 is 19.1 Å². The van der Waals surface area contributed by atoms with Crippen LogP contribution in [0.3, 0.4) is 0 Å². The van der Waals surface area contributed by atoms with Crippen molar-refractivity contribution in [2.45, 2.75) is 6.92 Å². The molecule has 0 heterocycles. The van der Waals surface area contributed by atoms with Gasteiger partial charge in [-0.3, -0.25) is 9.59 Å². The van der Waals surface area contributed by atoms with Gasteiger partial charge < -0.3 is 14.8 Å². The van der Waals surface area contributed by atoms with Crippen LogP contribution in [0.2, 0.25) is 0 Å². The fraction of sp³-hybridized carbons (Fsp3) is 0.211. The highest BCUT2D eigenvalue weighted by molar-refractivity contribution is 9.10. The number of halogens is 1. The third-order valence-corrected chi connectivity index (χ3v) is 3.92. The van der Waals surface area contributed by atoms with E-state index in [-0.39, 0.29) is 12.5 Å². The summed E-state index contributed by atoms with van der Waals surface area (Å²) >= 11 is 3.38. The lowest BCUT2D eigenvalue weighted by atomic mass is 10.2. The highest BCUT2D eigenvalue weighted by Gasteiger charge is 2.08. The average Bonchev–Trinajstić information content (AvgIpc) is 2.68. The van der Waals surface area contributed by atoms with E-state index in [0.717, 1.165) is 4.47 Å². The molecule has 0 atom stereocenters. The Hall–Kier alpha value is -2.87. The standard InChI is InChI=1S/C19H20BrN3O4/c1-3-27-17-9-6-15(20)10-14(17)11-22-23-18(24)12-21-19(25)13-4-7-16(26-2)8-5-13/h4-11H,3,12H2,1-2H3,(H,21,25)(H,23,24)/b22-11+. The van der Waals surface area contributed by atoms with Crippen LogP contribution in [0.1, 0.15) is 22.8 Å². The largest absolute Gasteiger partial charge is 0.497 e. The molecule has 0 aliphatic carbocycles. The Bertz CT molecular complexity index is 822. The van der Waals surface area contributed by atoms with Gasteiger partial charge in [-0.1, -0.05) is 15.9 Å². The first-order chi connectivity index (χ1) is 13.0. The van der Waals surface area contributed by atoms with E-state index in [0.29, 0.717) is 29.2 Å². The molecule has 0 fully saturated rings. The van der Waals surface area contributed by atoms with E-state index in [4.69, 9.17) is 9.47 Å². The molecule has 8 heteroatoms. The van der Waals surface area contributed by atoms with Gasteiger partial charge in [-0.25, -0.2) is 5.43 Å². The van der Waals surface area contributed by atoms with Crippen LogP contribution in [-0.2, 0) is 4.79 Å². The van der Waals surface area contributed by atoms with Crippen molar-refractivity contribution in [3.8, 4) is 11.5 Å². The molecule has 0 aliphatic heterocycles. The van der Waals surface area contributed by atoms with Gasteiger partial charge in [0.05, 0.1) is 26.5 Å². The highest BCUT2D eigenvalue weighted by atomic mass is 79.9. The van der Waals surface area contributed by atoms with Gasteiger partial charge in [0, 0.05) is 15.6 Å². The molecule has 7 nitrogen and oxygen atoms in total. The van der Waals surface area contributed by atoms with Gasteiger partial charge in [0.1, 0.15) is 11.5 Å². The maximum Gasteiger partial charge on any atom is 0.259 e. The molecular formula is C19H20BrN3O4. The average molecular weight is 434 g/mol. The quantitative estimate of drug-likeness (QED) is 0.494. The van der Waals surface area contributed by atoms with Crippen molar-refractivity contribution in [1.82, 2.24) is 10.7 Å². The number of nitrogens with zero attached hydrogens (tertiary/aromatic N) is 1. The van der Waals surface area contributed by atoms with E-state index in [1.165, 1.54) is 6.21 Å². The van der Waals surface area contributed by atoms with E-state index in [1.54, 1.807) is 31.4 Å². The molecule has 0 saturated heterocycles. The number of methoxy groups -OCH3 is 1. The predicted octanol–water partition coefficient (Wildman–Crippen LogP) is 2.74. The van der Waals surface area contributed by atoms with E-state index in [9.17, 15) is 9.59 Å². The van der Waals surface area contributed by atoms with Crippen molar-refractivity contribution >= 4 is 34.0 Å². The number of benzene rings is 2. The molecule has 2 aromatic rings. The predicted molar refractivity (Wildman–Crippen MR) is 106 cm³/mol. The summed E-state index contributed by atoms with van der Waals surface area (Å²) in [5.74, 6) is 0.507. The summed E-state index contributed by atoms with van der Waals surface area (Å²) in [5, 5.41) is 6.43. The molecule has 0 saturated carbocycles. The van der Waals surface area contributed by atoms with Gasteiger partial charge in [0.15, 0.2) is 0 Å². The van der Waals surface area contributed by atoms with Crippen LogP contribution < -0.4 is 20.2 Å². The van der Waals surface area contributed by atoms with Crippen molar-refractivity contribution in [3.05, 3.63) is 58.1 Å². The van der Waals surface area contributed by atoms with E-state index in [1.807, 2.05) is 25.1 Å². The zero-order valence-corrected chi connectivity index (χ0v) is 16.6. The van der Waals surface area contributed by atoms with Crippen LogP contribution in [0.25, 0.3) is 0 Å². The summed E-state index contributed by atoms with van der Waals surface area (Å²) in [6, 6.07) is 12.1. The molecule has 2 aromatic carbocycles. The second-order valence-electron chi connectivity index (χ2n) is 5.32. The Morgan fingerprint density at radius 1 is 1.19 bits per heavy atom. The number of rotatable bonds is 8. The third-order valence-electron chi connectivity index (χ3n) is 3.43. The fourth-order valence-corrected chi connectivity index (χ4v) is 2.50. The van der Waals surface area contributed by atoms with Crippen LogP contribution in [-0.4, -0.2) is 38.3 Å². The number of amides is 2. The molecule has 2 amide bonds. The Labute approximate surface area is 165 Å². The minimum Gasteiger partial charge on any atom is -0.497 e. The van der Waals surface area contributed by atoms with E-state index >= 15 is 0 Å². The van der Waals surface area contributed by atoms with Gasteiger partial charge in [-0.2, -0.15) is 5.10 Å². The van der Waals surface area contributed by atoms with E-state index in [2.05, 4.69) is 31.8 Å². The summed E-state index contributed by atoms with van der Waals surface area (Å²) in [6.45, 7) is 2.21. The number of hydrogen-bond donors (Lipinski definition) is 2. The fourth-order valence-electron chi connectivity index (χ4n) is 2.13. The summed E-state index contributed by atoms with van der Waals surface area (Å²) in [4.78, 5) is 23.9. The van der Waals surface area contributed by atoms with Gasteiger partial charge in [0.25, 0.3) is 11.8 Å². The minimum atomic E-state index is -0.443. The molecule has 0 bridgehead atoms. The topological polar surface area (TPSA) is 89.0 Å². The smallest absolute Gasteiger partial charge is 0.259 e. The first-order valence-corrected chi connectivity index (χ1v) is 8.99. The second kappa shape index (κ2) is 10.3. The SMILES string of the molecule is CCOc1ccc(Br)cc1/C=N/NC(=O)CNC(=O)c1ccc(OC)cc1. The van der Waals surface area contributed by atoms with Crippen LogP contribution in [0.15, 0.2) is 52.0 Å². The van der Waals surface area contributed by atoms with Crippen LogP contribution in [0.4, 0.5) is 0 Å². The third kappa shape index (κ3) is 6.41. The van der Waals surface area contributed by atoms with Crippen LogP contribution in [0, 0.1) is 0 Å². The number of carbonyl (C=O) groups is 2. The lowest BCUT2D eigenvalue weighted by Crippen LogP contribution is -2.34. The molecular weight excluding hydrogens is 414 g/mol. The molecule has 0 radical (unpaired) electrons. The first kappa shape index (κ1) is 20.4. The Balaban J connectivity index is 1.86. The maximum atomic E-state index is 12.0. The molecule has 142 valence electrons. The number of ether oxygens (including phenoxy) is 2. The van der Waals surface area contributed by atoms with Crippen molar-refractivity contribution in [1.29, 1.82) is 0 Å². The van der Waals surface area contributed by atoms with E-state index < -0.39 is 5.91 Å². The summed E-state index contributed by atoms with van der Waals surface area (Å²) in [5.41, 5.74) is 3.52. The Morgan fingerprint density at radius 2 is 1.93 bits per heavy atom. The maximum absolute atomic E-state index is 12.0. The summed E-state index contributed by atoms with van der Waals surface area (Å²) in [7, 11) is 1.55. The van der Waals surface area contributed by atoms with Gasteiger partial charge in [0.2, 0.25) is 0 Å². The molecule has 27 heavy (non-hydrogen) atoms. The Kier molecular flexibility index (Phi) is 7.81. The zero-order valence-electron chi connectivity index (χ0n) is 15.0. The molecule has 2 rings (SSSR count). The number of hydrazone groups is 1. The number of hydrogen-bond acceptors (Lipinski definition) is 5. The first-order valence-electron chi connectivity index (χ1n) is 8.20. The normalized spacial score (nSPS) is 10.5. The highest BCUT2D eigenvalue weighted by Crippen LogP contribution is 2.21. The van der Waals surface area contributed by atoms with Gasteiger partial charge >= 0.3 is 0 Å². The van der Waals surface area contributed by atoms with Crippen LogP contribution >= 0.6 is 15.9 Å². The Morgan fingerprint density at radius 3 is 2.59 bits per heavy atom.